The van der Waals surface area contributed by atoms with Crippen LogP contribution in [0.1, 0.15) is 5.56 Å². The van der Waals surface area contributed by atoms with Crippen LogP contribution in [0, 0.1) is 0 Å². The number of imidazole rings is 1. The van der Waals surface area contributed by atoms with E-state index in [0.717, 1.165) is 32.5 Å². The van der Waals surface area contributed by atoms with Crippen molar-refractivity contribution in [2.45, 2.75) is 6.54 Å². The van der Waals surface area contributed by atoms with Crippen molar-refractivity contribution in [3.8, 4) is 11.4 Å². The Morgan fingerprint density at radius 3 is 2.79 bits per heavy atom. The normalized spacial score (nSPS) is 11.1. The molecule has 0 unspecified atom stereocenters. The van der Waals surface area contributed by atoms with Crippen LogP contribution in [0.25, 0.3) is 22.4 Å². The predicted octanol–water partition coefficient (Wildman–Crippen LogP) is 4.10. The lowest BCUT2D eigenvalue weighted by Gasteiger charge is -2.00. The Hall–Kier alpha value is -1.36. The summed E-state index contributed by atoms with van der Waals surface area (Å²) in [6.07, 6.45) is 0. The van der Waals surface area contributed by atoms with Gasteiger partial charge >= 0.3 is 0 Å². The number of aromatic amines is 1. The SMILES string of the molecule is NCc1ccc2nc(-c3ccc(Br)cc3Cl)[nH]c2c1. The molecule has 19 heavy (non-hydrogen) atoms. The Morgan fingerprint density at radius 1 is 1.21 bits per heavy atom. The van der Waals surface area contributed by atoms with Crippen LogP contribution in [0.5, 0.6) is 0 Å². The monoisotopic (exact) mass is 335 g/mol. The first-order chi connectivity index (χ1) is 9.17. The van der Waals surface area contributed by atoms with Crippen LogP contribution >= 0.6 is 27.5 Å². The minimum Gasteiger partial charge on any atom is -0.338 e. The van der Waals surface area contributed by atoms with Crippen LogP contribution in [-0.2, 0) is 6.54 Å². The number of nitrogens with one attached hydrogen (secondary N) is 1. The number of benzene rings is 2. The molecular weight excluding hydrogens is 326 g/mol. The Labute approximate surface area is 123 Å². The van der Waals surface area contributed by atoms with Gasteiger partial charge in [-0.3, -0.25) is 0 Å². The van der Waals surface area contributed by atoms with E-state index in [1.165, 1.54) is 0 Å². The molecule has 3 nitrogen and oxygen atoms in total. The molecule has 2 aromatic carbocycles. The van der Waals surface area contributed by atoms with Gasteiger partial charge in [-0.25, -0.2) is 4.98 Å². The molecule has 1 heterocycles. The summed E-state index contributed by atoms with van der Waals surface area (Å²) in [4.78, 5) is 7.83. The van der Waals surface area contributed by atoms with E-state index in [0.29, 0.717) is 11.6 Å². The third-order valence-corrected chi connectivity index (χ3v) is 3.77. The number of halogens is 2. The second-order valence-electron chi connectivity index (χ2n) is 4.27. The summed E-state index contributed by atoms with van der Waals surface area (Å²) in [5.74, 6) is 0.765. The molecule has 3 N–H and O–H groups in total. The molecular formula is C14H11BrClN3. The highest BCUT2D eigenvalue weighted by molar-refractivity contribution is 9.10. The van der Waals surface area contributed by atoms with Crippen molar-refractivity contribution in [2.24, 2.45) is 5.73 Å². The van der Waals surface area contributed by atoms with E-state index in [4.69, 9.17) is 17.3 Å². The summed E-state index contributed by atoms with van der Waals surface area (Å²) in [6.45, 7) is 0.517. The van der Waals surface area contributed by atoms with Crippen molar-refractivity contribution < 1.29 is 0 Å². The highest BCUT2D eigenvalue weighted by Gasteiger charge is 2.09. The van der Waals surface area contributed by atoms with Gasteiger partial charge in [0.25, 0.3) is 0 Å². The maximum atomic E-state index is 6.24. The van der Waals surface area contributed by atoms with Crippen LogP contribution < -0.4 is 5.73 Å². The third-order valence-electron chi connectivity index (χ3n) is 2.97. The summed E-state index contributed by atoms with van der Waals surface area (Å²) in [6, 6.07) is 11.7. The second kappa shape index (κ2) is 4.96. The Balaban J connectivity index is 2.14. The quantitative estimate of drug-likeness (QED) is 0.740. The minimum atomic E-state index is 0.517. The lowest BCUT2D eigenvalue weighted by atomic mass is 10.2. The molecule has 0 bridgehead atoms. The maximum Gasteiger partial charge on any atom is 0.139 e. The molecule has 3 aromatic rings. The van der Waals surface area contributed by atoms with Crippen molar-refractivity contribution >= 4 is 38.6 Å². The number of fused-ring (bicyclic) bond motifs is 1. The van der Waals surface area contributed by atoms with E-state index in [1.807, 2.05) is 36.4 Å². The average molecular weight is 337 g/mol. The van der Waals surface area contributed by atoms with Crippen molar-refractivity contribution in [3.05, 3.63) is 51.5 Å². The Bertz CT molecular complexity index is 752. The molecule has 5 heteroatoms. The number of H-pyrrole nitrogens is 1. The molecule has 3 rings (SSSR count). The summed E-state index contributed by atoms with van der Waals surface area (Å²) < 4.78 is 0.947. The van der Waals surface area contributed by atoms with Crippen LogP contribution in [0.3, 0.4) is 0 Å². The molecule has 0 atom stereocenters. The number of aromatic nitrogens is 2. The van der Waals surface area contributed by atoms with Crippen molar-refractivity contribution in [2.75, 3.05) is 0 Å². The van der Waals surface area contributed by atoms with E-state index >= 15 is 0 Å². The zero-order valence-electron chi connectivity index (χ0n) is 9.95. The van der Waals surface area contributed by atoms with Gasteiger partial charge in [-0.1, -0.05) is 33.6 Å². The van der Waals surface area contributed by atoms with Gasteiger partial charge in [0, 0.05) is 16.6 Å². The van der Waals surface area contributed by atoms with Crippen LogP contribution in [0.15, 0.2) is 40.9 Å². The van der Waals surface area contributed by atoms with E-state index in [-0.39, 0.29) is 0 Å². The van der Waals surface area contributed by atoms with Gasteiger partial charge in [0.1, 0.15) is 5.82 Å². The molecule has 0 amide bonds. The number of hydrogen-bond donors (Lipinski definition) is 2. The molecule has 0 spiro atoms. The van der Waals surface area contributed by atoms with Gasteiger partial charge in [-0.15, -0.1) is 0 Å². The van der Waals surface area contributed by atoms with Crippen LogP contribution in [-0.4, -0.2) is 9.97 Å². The number of rotatable bonds is 2. The summed E-state index contributed by atoms with van der Waals surface area (Å²) in [5, 5.41) is 0.660. The van der Waals surface area contributed by atoms with E-state index in [1.54, 1.807) is 0 Å². The van der Waals surface area contributed by atoms with E-state index in [2.05, 4.69) is 25.9 Å². The third kappa shape index (κ3) is 2.39. The average Bonchev–Trinajstić information content (AvgIpc) is 2.80. The smallest absolute Gasteiger partial charge is 0.139 e. The highest BCUT2D eigenvalue weighted by Crippen LogP contribution is 2.30. The molecule has 1 aromatic heterocycles. The fourth-order valence-corrected chi connectivity index (χ4v) is 2.76. The van der Waals surface area contributed by atoms with E-state index in [9.17, 15) is 0 Å². The predicted molar refractivity (Wildman–Crippen MR) is 82.1 cm³/mol. The maximum absolute atomic E-state index is 6.24. The van der Waals surface area contributed by atoms with Crippen LogP contribution in [0.2, 0.25) is 5.02 Å². The minimum absolute atomic E-state index is 0.517. The molecule has 0 aliphatic heterocycles. The molecule has 0 fully saturated rings. The lowest BCUT2D eigenvalue weighted by Crippen LogP contribution is -1.95. The van der Waals surface area contributed by atoms with Gasteiger partial charge in [0.05, 0.1) is 16.1 Å². The van der Waals surface area contributed by atoms with Gasteiger partial charge in [-0.2, -0.15) is 0 Å². The van der Waals surface area contributed by atoms with E-state index < -0.39 is 0 Å². The first-order valence-corrected chi connectivity index (χ1v) is 6.98. The second-order valence-corrected chi connectivity index (χ2v) is 5.59. The fourth-order valence-electron chi connectivity index (χ4n) is 1.99. The number of hydrogen-bond acceptors (Lipinski definition) is 2. The number of nitrogens with two attached hydrogens (primary N) is 1. The van der Waals surface area contributed by atoms with Crippen molar-refractivity contribution in [3.63, 3.8) is 0 Å². The van der Waals surface area contributed by atoms with Gasteiger partial charge in [0.2, 0.25) is 0 Å². The highest BCUT2D eigenvalue weighted by atomic mass is 79.9. The molecule has 0 saturated heterocycles. The fraction of sp³-hybridized carbons (Fsp3) is 0.0714. The van der Waals surface area contributed by atoms with Crippen LogP contribution in [0.4, 0.5) is 0 Å². The zero-order valence-corrected chi connectivity index (χ0v) is 12.3. The molecule has 0 aliphatic rings. The van der Waals surface area contributed by atoms with Crippen molar-refractivity contribution in [1.82, 2.24) is 9.97 Å². The standard InChI is InChI=1S/C14H11BrClN3/c15-9-2-3-10(11(16)6-9)14-18-12-4-1-8(7-17)5-13(12)19-14/h1-6H,7,17H2,(H,18,19). The van der Waals surface area contributed by atoms with Crippen molar-refractivity contribution in [1.29, 1.82) is 0 Å². The van der Waals surface area contributed by atoms with Gasteiger partial charge in [-0.05, 0) is 35.9 Å². The van der Waals surface area contributed by atoms with Gasteiger partial charge < -0.3 is 10.7 Å². The molecule has 0 aliphatic carbocycles. The first-order valence-electron chi connectivity index (χ1n) is 5.81. The zero-order chi connectivity index (χ0) is 13.4. The Morgan fingerprint density at radius 2 is 2.05 bits per heavy atom. The Kier molecular flexibility index (Phi) is 3.31. The lowest BCUT2D eigenvalue weighted by molar-refractivity contribution is 1.07. The molecule has 96 valence electrons. The summed E-state index contributed by atoms with van der Waals surface area (Å²) in [5.41, 5.74) is 9.48. The topological polar surface area (TPSA) is 54.7 Å². The summed E-state index contributed by atoms with van der Waals surface area (Å²) >= 11 is 9.63. The molecule has 0 saturated carbocycles. The van der Waals surface area contributed by atoms with Gasteiger partial charge in [0.15, 0.2) is 0 Å². The first kappa shape index (κ1) is 12.7. The number of nitrogens with zero attached hydrogens (tertiary/aromatic N) is 1. The summed E-state index contributed by atoms with van der Waals surface area (Å²) in [7, 11) is 0. The largest absolute Gasteiger partial charge is 0.338 e. The molecule has 0 radical (unpaired) electrons.